The third-order valence-electron chi connectivity index (χ3n) is 3.26. The highest BCUT2D eigenvalue weighted by molar-refractivity contribution is 5.78. The summed E-state index contributed by atoms with van der Waals surface area (Å²) in [5.74, 6) is 0.0869. The minimum atomic E-state index is 0.0580. The van der Waals surface area contributed by atoms with Gasteiger partial charge in [0, 0.05) is 25.2 Å². The molecular formula is C12H25N3O2. The van der Waals surface area contributed by atoms with Crippen molar-refractivity contribution in [2.24, 2.45) is 5.73 Å². The minimum absolute atomic E-state index is 0.0580. The van der Waals surface area contributed by atoms with Crippen molar-refractivity contribution >= 4 is 5.91 Å². The fourth-order valence-electron chi connectivity index (χ4n) is 1.84. The molecule has 1 aliphatic heterocycles. The molecule has 100 valence electrons. The maximum absolute atomic E-state index is 11.8. The zero-order valence-electron chi connectivity index (χ0n) is 11.1. The number of carbonyl (C=O) groups is 1. The highest BCUT2D eigenvalue weighted by Crippen LogP contribution is 2.10. The Balaban J connectivity index is 2.40. The first-order valence-electron chi connectivity index (χ1n) is 6.41. The Morgan fingerprint density at radius 1 is 1.65 bits per heavy atom. The Kier molecular flexibility index (Phi) is 5.88. The number of hydrogen-bond donors (Lipinski definition) is 2. The number of nitrogens with one attached hydrogen (secondary N) is 1. The van der Waals surface area contributed by atoms with Crippen LogP contribution in [-0.4, -0.2) is 55.2 Å². The highest BCUT2D eigenvalue weighted by atomic mass is 16.5. The van der Waals surface area contributed by atoms with E-state index in [1.165, 1.54) is 0 Å². The Bertz CT molecular complexity index is 248. The SMILES string of the molecule is CCC(C)NC(=O)CN1CC(CN)OCC1C. The van der Waals surface area contributed by atoms with E-state index in [1.54, 1.807) is 0 Å². The van der Waals surface area contributed by atoms with Crippen LogP contribution in [0.3, 0.4) is 0 Å². The summed E-state index contributed by atoms with van der Waals surface area (Å²) < 4.78 is 5.56. The van der Waals surface area contributed by atoms with E-state index in [9.17, 15) is 4.79 Å². The van der Waals surface area contributed by atoms with Gasteiger partial charge in [-0.05, 0) is 20.3 Å². The van der Waals surface area contributed by atoms with Gasteiger partial charge in [0.25, 0.3) is 0 Å². The van der Waals surface area contributed by atoms with E-state index in [2.05, 4.69) is 24.1 Å². The van der Waals surface area contributed by atoms with Crippen LogP contribution in [-0.2, 0) is 9.53 Å². The number of carbonyl (C=O) groups excluding carboxylic acids is 1. The summed E-state index contributed by atoms with van der Waals surface area (Å²) in [5.41, 5.74) is 5.59. The summed E-state index contributed by atoms with van der Waals surface area (Å²) in [6.07, 6.45) is 1.01. The molecule has 5 heteroatoms. The second kappa shape index (κ2) is 6.93. The molecule has 17 heavy (non-hydrogen) atoms. The van der Waals surface area contributed by atoms with Crippen LogP contribution in [0, 0.1) is 0 Å². The van der Waals surface area contributed by atoms with Crippen LogP contribution < -0.4 is 11.1 Å². The summed E-state index contributed by atoms with van der Waals surface area (Å²) in [7, 11) is 0. The van der Waals surface area contributed by atoms with Crippen molar-refractivity contribution in [2.45, 2.75) is 45.4 Å². The van der Waals surface area contributed by atoms with E-state index in [0.717, 1.165) is 13.0 Å². The number of rotatable bonds is 5. The van der Waals surface area contributed by atoms with Gasteiger partial charge in [-0.25, -0.2) is 0 Å². The summed E-state index contributed by atoms with van der Waals surface area (Å²) in [6.45, 7) is 8.49. The molecule has 0 radical (unpaired) electrons. The van der Waals surface area contributed by atoms with Gasteiger partial charge < -0.3 is 15.8 Å². The van der Waals surface area contributed by atoms with Gasteiger partial charge >= 0.3 is 0 Å². The van der Waals surface area contributed by atoms with E-state index in [-0.39, 0.29) is 24.1 Å². The van der Waals surface area contributed by atoms with E-state index in [0.29, 0.717) is 19.7 Å². The first-order valence-corrected chi connectivity index (χ1v) is 6.41. The number of morpholine rings is 1. The standard InChI is InChI=1S/C12H25N3O2/c1-4-9(2)14-12(16)7-15-6-11(5-13)17-8-10(15)3/h9-11H,4-8,13H2,1-3H3,(H,14,16). The maximum Gasteiger partial charge on any atom is 0.234 e. The lowest BCUT2D eigenvalue weighted by Gasteiger charge is -2.37. The molecule has 3 unspecified atom stereocenters. The third kappa shape index (κ3) is 4.61. The average molecular weight is 243 g/mol. The number of ether oxygens (including phenoxy) is 1. The molecule has 1 rings (SSSR count). The number of amides is 1. The largest absolute Gasteiger partial charge is 0.374 e. The van der Waals surface area contributed by atoms with Crippen LogP contribution in [0.15, 0.2) is 0 Å². The fourth-order valence-corrected chi connectivity index (χ4v) is 1.84. The van der Waals surface area contributed by atoms with Crippen LogP contribution in [0.5, 0.6) is 0 Å². The van der Waals surface area contributed by atoms with Gasteiger partial charge in [0.2, 0.25) is 5.91 Å². The van der Waals surface area contributed by atoms with E-state index < -0.39 is 0 Å². The third-order valence-corrected chi connectivity index (χ3v) is 3.26. The highest BCUT2D eigenvalue weighted by Gasteiger charge is 2.26. The van der Waals surface area contributed by atoms with E-state index in [1.807, 2.05) is 6.92 Å². The van der Waals surface area contributed by atoms with Crippen LogP contribution in [0.1, 0.15) is 27.2 Å². The molecule has 0 spiro atoms. The molecule has 5 nitrogen and oxygen atoms in total. The minimum Gasteiger partial charge on any atom is -0.374 e. The zero-order valence-corrected chi connectivity index (χ0v) is 11.1. The second-order valence-corrected chi connectivity index (χ2v) is 4.85. The summed E-state index contributed by atoms with van der Waals surface area (Å²) in [5, 5.41) is 2.98. The van der Waals surface area contributed by atoms with Crippen molar-refractivity contribution < 1.29 is 9.53 Å². The van der Waals surface area contributed by atoms with Crippen molar-refractivity contribution in [3.63, 3.8) is 0 Å². The quantitative estimate of drug-likeness (QED) is 0.710. The van der Waals surface area contributed by atoms with Crippen LogP contribution >= 0.6 is 0 Å². The summed E-state index contributed by atoms with van der Waals surface area (Å²) in [4.78, 5) is 13.9. The van der Waals surface area contributed by atoms with Crippen LogP contribution in [0.4, 0.5) is 0 Å². The van der Waals surface area contributed by atoms with E-state index >= 15 is 0 Å². The molecule has 0 bridgehead atoms. The molecule has 3 N–H and O–H groups in total. The summed E-state index contributed by atoms with van der Waals surface area (Å²) >= 11 is 0. The molecule has 1 saturated heterocycles. The molecule has 1 fully saturated rings. The van der Waals surface area contributed by atoms with Crippen LogP contribution in [0.25, 0.3) is 0 Å². The zero-order chi connectivity index (χ0) is 12.8. The van der Waals surface area contributed by atoms with Crippen molar-refractivity contribution in [3.8, 4) is 0 Å². The lowest BCUT2D eigenvalue weighted by molar-refractivity contribution is -0.126. The van der Waals surface area contributed by atoms with Gasteiger partial charge in [0.1, 0.15) is 0 Å². The lowest BCUT2D eigenvalue weighted by atomic mass is 10.2. The molecular weight excluding hydrogens is 218 g/mol. The Labute approximate surface area is 104 Å². The lowest BCUT2D eigenvalue weighted by Crippen LogP contribution is -2.53. The fraction of sp³-hybridized carbons (Fsp3) is 0.917. The van der Waals surface area contributed by atoms with Gasteiger partial charge in [-0.1, -0.05) is 6.92 Å². The van der Waals surface area contributed by atoms with E-state index in [4.69, 9.17) is 10.5 Å². The molecule has 1 amide bonds. The molecule has 0 saturated carbocycles. The number of hydrogen-bond acceptors (Lipinski definition) is 4. The number of nitrogens with zero attached hydrogens (tertiary/aromatic N) is 1. The molecule has 0 aromatic heterocycles. The maximum atomic E-state index is 11.8. The molecule has 0 aliphatic carbocycles. The molecule has 1 aliphatic rings. The second-order valence-electron chi connectivity index (χ2n) is 4.85. The first-order chi connectivity index (χ1) is 8.06. The van der Waals surface area contributed by atoms with Gasteiger partial charge in [0.05, 0.1) is 19.3 Å². The topological polar surface area (TPSA) is 67.6 Å². The normalized spacial score (nSPS) is 27.8. The van der Waals surface area contributed by atoms with Gasteiger partial charge in [-0.2, -0.15) is 0 Å². The Morgan fingerprint density at radius 3 is 2.94 bits per heavy atom. The first kappa shape index (κ1) is 14.4. The van der Waals surface area contributed by atoms with Gasteiger partial charge in [0.15, 0.2) is 0 Å². The van der Waals surface area contributed by atoms with Crippen molar-refractivity contribution in [1.29, 1.82) is 0 Å². The predicted molar refractivity (Wildman–Crippen MR) is 67.7 cm³/mol. The smallest absolute Gasteiger partial charge is 0.234 e. The summed E-state index contributed by atoms with van der Waals surface area (Å²) in [6, 6.07) is 0.518. The molecule has 3 atom stereocenters. The molecule has 1 heterocycles. The van der Waals surface area contributed by atoms with Crippen LogP contribution in [0.2, 0.25) is 0 Å². The van der Waals surface area contributed by atoms with Gasteiger partial charge in [-0.15, -0.1) is 0 Å². The van der Waals surface area contributed by atoms with Gasteiger partial charge in [-0.3, -0.25) is 9.69 Å². The number of nitrogens with two attached hydrogens (primary N) is 1. The molecule has 0 aromatic carbocycles. The van der Waals surface area contributed by atoms with Crippen molar-refractivity contribution in [3.05, 3.63) is 0 Å². The van der Waals surface area contributed by atoms with Crippen molar-refractivity contribution in [2.75, 3.05) is 26.2 Å². The Morgan fingerprint density at radius 2 is 2.35 bits per heavy atom. The predicted octanol–water partition coefficient (Wildman–Crippen LogP) is -0.0509. The Hall–Kier alpha value is -0.650. The van der Waals surface area contributed by atoms with Crippen molar-refractivity contribution in [1.82, 2.24) is 10.2 Å². The monoisotopic (exact) mass is 243 g/mol. The average Bonchev–Trinajstić information content (AvgIpc) is 2.31. The molecule has 0 aromatic rings.